The Morgan fingerprint density at radius 2 is 1.86 bits per heavy atom. The van der Waals surface area contributed by atoms with E-state index in [-0.39, 0.29) is 18.1 Å². The summed E-state index contributed by atoms with van der Waals surface area (Å²) in [7, 11) is 1.54. The van der Waals surface area contributed by atoms with Gasteiger partial charge in [-0.15, -0.1) is 0 Å². The SMILES string of the molecule is COc1cc(CC(=O)Nc2cccc(-c3ccccc3F)c2)ccc1OCCN. The summed E-state index contributed by atoms with van der Waals surface area (Å²) in [6.45, 7) is 0.786. The van der Waals surface area contributed by atoms with Gasteiger partial charge < -0.3 is 20.5 Å². The predicted octanol–water partition coefficient (Wildman–Crippen LogP) is 4.02. The van der Waals surface area contributed by atoms with Crippen LogP contribution in [-0.2, 0) is 11.2 Å². The molecule has 0 heterocycles. The van der Waals surface area contributed by atoms with Gasteiger partial charge >= 0.3 is 0 Å². The summed E-state index contributed by atoms with van der Waals surface area (Å²) in [5.41, 5.74) is 8.02. The normalized spacial score (nSPS) is 10.4. The fourth-order valence-corrected chi connectivity index (χ4v) is 2.96. The molecule has 0 aliphatic heterocycles. The minimum Gasteiger partial charge on any atom is -0.493 e. The van der Waals surface area contributed by atoms with Crippen LogP contribution >= 0.6 is 0 Å². The van der Waals surface area contributed by atoms with Crippen LogP contribution in [0.3, 0.4) is 0 Å². The molecule has 0 unspecified atom stereocenters. The van der Waals surface area contributed by atoms with Gasteiger partial charge in [0.15, 0.2) is 11.5 Å². The molecular weight excluding hydrogens is 371 g/mol. The maximum atomic E-state index is 14.0. The second-order valence-corrected chi connectivity index (χ2v) is 6.41. The molecule has 29 heavy (non-hydrogen) atoms. The molecule has 0 bridgehead atoms. The Hall–Kier alpha value is -3.38. The molecule has 3 aromatic rings. The van der Waals surface area contributed by atoms with Crippen LogP contribution in [0.2, 0.25) is 0 Å². The molecule has 0 aliphatic rings. The van der Waals surface area contributed by atoms with Crippen LogP contribution in [-0.4, -0.2) is 26.2 Å². The van der Waals surface area contributed by atoms with Crippen LogP contribution in [0.25, 0.3) is 11.1 Å². The van der Waals surface area contributed by atoms with E-state index in [0.29, 0.717) is 41.5 Å². The van der Waals surface area contributed by atoms with Gasteiger partial charge in [-0.25, -0.2) is 4.39 Å². The third-order valence-electron chi connectivity index (χ3n) is 4.30. The molecular formula is C23H23FN2O3. The quantitative estimate of drug-likeness (QED) is 0.605. The Labute approximate surface area is 169 Å². The molecule has 0 fully saturated rings. The van der Waals surface area contributed by atoms with Crippen molar-refractivity contribution in [3.63, 3.8) is 0 Å². The van der Waals surface area contributed by atoms with Crippen LogP contribution in [0.4, 0.5) is 10.1 Å². The first-order chi connectivity index (χ1) is 14.1. The lowest BCUT2D eigenvalue weighted by molar-refractivity contribution is -0.115. The van der Waals surface area contributed by atoms with Gasteiger partial charge in [-0.2, -0.15) is 0 Å². The lowest BCUT2D eigenvalue weighted by Gasteiger charge is -2.12. The molecule has 0 saturated heterocycles. The average molecular weight is 394 g/mol. The summed E-state index contributed by atoms with van der Waals surface area (Å²) >= 11 is 0. The lowest BCUT2D eigenvalue weighted by atomic mass is 10.0. The number of methoxy groups -OCH3 is 1. The number of carbonyl (C=O) groups excluding carboxylic acids is 1. The van der Waals surface area contributed by atoms with Crippen molar-refractivity contribution in [2.75, 3.05) is 25.6 Å². The number of carbonyl (C=O) groups is 1. The van der Waals surface area contributed by atoms with Crippen molar-refractivity contribution < 1.29 is 18.7 Å². The van der Waals surface area contributed by atoms with E-state index < -0.39 is 0 Å². The first-order valence-corrected chi connectivity index (χ1v) is 9.25. The molecule has 3 N–H and O–H groups in total. The zero-order valence-corrected chi connectivity index (χ0v) is 16.2. The summed E-state index contributed by atoms with van der Waals surface area (Å²) < 4.78 is 24.9. The molecule has 5 nitrogen and oxygen atoms in total. The fraction of sp³-hybridized carbons (Fsp3) is 0.174. The highest BCUT2D eigenvalue weighted by molar-refractivity contribution is 5.93. The minimum atomic E-state index is -0.306. The summed E-state index contributed by atoms with van der Waals surface area (Å²) in [5.74, 6) is 0.637. The minimum absolute atomic E-state index is 0.164. The maximum Gasteiger partial charge on any atom is 0.228 e. The van der Waals surface area contributed by atoms with E-state index >= 15 is 0 Å². The molecule has 0 radical (unpaired) electrons. The van der Waals surface area contributed by atoms with E-state index in [1.54, 1.807) is 61.7 Å². The fourth-order valence-electron chi connectivity index (χ4n) is 2.96. The van der Waals surface area contributed by atoms with Crippen molar-refractivity contribution in [2.45, 2.75) is 6.42 Å². The van der Waals surface area contributed by atoms with E-state index in [9.17, 15) is 9.18 Å². The van der Waals surface area contributed by atoms with Gasteiger partial charge in [0.05, 0.1) is 13.5 Å². The molecule has 150 valence electrons. The third kappa shape index (κ3) is 5.33. The van der Waals surface area contributed by atoms with Crippen LogP contribution < -0.4 is 20.5 Å². The van der Waals surface area contributed by atoms with Crippen LogP contribution in [0.15, 0.2) is 66.7 Å². The van der Waals surface area contributed by atoms with E-state index in [0.717, 1.165) is 5.56 Å². The van der Waals surface area contributed by atoms with Crippen LogP contribution in [0, 0.1) is 5.82 Å². The molecule has 0 aromatic heterocycles. The van der Waals surface area contributed by atoms with Crippen molar-refractivity contribution in [3.05, 3.63) is 78.1 Å². The van der Waals surface area contributed by atoms with Crippen molar-refractivity contribution in [2.24, 2.45) is 5.73 Å². The molecule has 0 atom stereocenters. The number of benzene rings is 3. The summed E-state index contributed by atoms with van der Waals surface area (Å²) in [6, 6.07) is 19.0. The summed E-state index contributed by atoms with van der Waals surface area (Å²) in [6.07, 6.45) is 0.164. The number of nitrogens with one attached hydrogen (secondary N) is 1. The van der Waals surface area contributed by atoms with Crippen LogP contribution in [0.1, 0.15) is 5.56 Å². The average Bonchev–Trinajstić information content (AvgIpc) is 2.73. The predicted molar refractivity (Wildman–Crippen MR) is 112 cm³/mol. The molecule has 0 spiro atoms. The summed E-state index contributed by atoms with van der Waals surface area (Å²) in [5, 5.41) is 2.86. The second-order valence-electron chi connectivity index (χ2n) is 6.41. The van der Waals surface area contributed by atoms with Gasteiger partial charge in [-0.3, -0.25) is 4.79 Å². The van der Waals surface area contributed by atoms with Crippen molar-refractivity contribution in [1.82, 2.24) is 0 Å². The molecule has 3 aromatic carbocycles. The van der Waals surface area contributed by atoms with E-state index in [1.165, 1.54) is 6.07 Å². The highest BCUT2D eigenvalue weighted by Crippen LogP contribution is 2.29. The third-order valence-corrected chi connectivity index (χ3v) is 4.30. The Morgan fingerprint density at radius 3 is 2.62 bits per heavy atom. The Bertz CT molecular complexity index is 991. The number of rotatable bonds is 8. The molecule has 0 aliphatic carbocycles. The smallest absolute Gasteiger partial charge is 0.228 e. The standard InChI is InChI=1S/C23H23FN2O3/c1-28-22-13-16(9-10-21(22)29-12-11-25)14-23(27)26-18-6-4-5-17(15-18)19-7-2-3-8-20(19)24/h2-10,13,15H,11-12,14,25H2,1H3,(H,26,27). The topological polar surface area (TPSA) is 73.6 Å². The van der Waals surface area contributed by atoms with Gasteiger partial charge in [0.25, 0.3) is 0 Å². The number of anilines is 1. The van der Waals surface area contributed by atoms with Crippen molar-refractivity contribution in [3.8, 4) is 22.6 Å². The van der Waals surface area contributed by atoms with Gasteiger partial charge in [0.1, 0.15) is 12.4 Å². The first kappa shape index (κ1) is 20.4. The first-order valence-electron chi connectivity index (χ1n) is 9.25. The number of nitrogens with two attached hydrogens (primary N) is 1. The van der Waals surface area contributed by atoms with Crippen LogP contribution in [0.5, 0.6) is 11.5 Å². The van der Waals surface area contributed by atoms with Gasteiger partial charge in [-0.05, 0) is 41.5 Å². The zero-order valence-electron chi connectivity index (χ0n) is 16.2. The monoisotopic (exact) mass is 394 g/mol. The Morgan fingerprint density at radius 1 is 1.03 bits per heavy atom. The van der Waals surface area contributed by atoms with Gasteiger partial charge in [0.2, 0.25) is 5.91 Å². The highest BCUT2D eigenvalue weighted by atomic mass is 19.1. The summed E-state index contributed by atoms with van der Waals surface area (Å²) in [4.78, 5) is 12.5. The molecule has 6 heteroatoms. The second kappa shape index (κ2) is 9.71. The molecule has 1 amide bonds. The molecule has 3 rings (SSSR count). The highest BCUT2D eigenvalue weighted by Gasteiger charge is 2.10. The van der Waals surface area contributed by atoms with E-state index in [2.05, 4.69) is 5.32 Å². The van der Waals surface area contributed by atoms with Crippen molar-refractivity contribution >= 4 is 11.6 Å². The number of hydrogen-bond donors (Lipinski definition) is 2. The molecule has 0 saturated carbocycles. The number of amides is 1. The Kier molecular flexibility index (Phi) is 6.81. The number of hydrogen-bond acceptors (Lipinski definition) is 4. The maximum absolute atomic E-state index is 14.0. The van der Waals surface area contributed by atoms with E-state index in [1.807, 2.05) is 6.07 Å². The largest absolute Gasteiger partial charge is 0.493 e. The van der Waals surface area contributed by atoms with Gasteiger partial charge in [-0.1, -0.05) is 36.4 Å². The lowest BCUT2D eigenvalue weighted by Crippen LogP contribution is -2.14. The van der Waals surface area contributed by atoms with E-state index in [4.69, 9.17) is 15.2 Å². The number of ether oxygens (including phenoxy) is 2. The van der Waals surface area contributed by atoms with Crippen molar-refractivity contribution in [1.29, 1.82) is 0 Å². The van der Waals surface area contributed by atoms with Gasteiger partial charge in [0, 0.05) is 17.8 Å². The number of halogens is 1. The Balaban J connectivity index is 1.70. The zero-order chi connectivity index (χ0) is 20.6.